The number of esters is 1. The lowest BCUT2D eigenvalue weighted by Crippen LogP contribution is -2.56. The van der Waals surface area contributed by atoms with Crippen LogP contribution in [0, 0.1) is 39.4 Å². The minimum absolute atomic E-state index is 0.116. The van der Waals surface area contributed by atoms with E-state index in [9.17, 15) is 9.59 Å². The van der Waals surface area contributed by atoms with Crippen LogP contribution in [0.15, 0.2) is 22.8 Å². The maximum atomic E-state index is 12.8. The molecule has 0 aromatic carbocycles. The van der Waals surface area contributed by atoms with Crippen molar-refractivity contribution in [3.05, 3.63) is 22.8 Å². The van der Waals surface area contributed by atoms with Crippen molar-refractivity contribution in [3.63, 3.8) is 0 Å². The molecule has 0 aliphatic heterocycles. The third kappa shape index (κ3) is 5.22. The van der Waals surface area contributed by atoms with Gasteiger partial charge in [-0.25, -0.2) is 0 Å². The highest BCUT2D eigenvalue weighted by Crippen LogP contribution is 2.72. The van der Waals surface area contributed by atoms with Crippen LogP contribution < -0.4 is 5.73 Å². The lowest BCUT2D eigenvalue weighted by atomic mass is 9.43. The Balaban J connectivity index is 1.54. The van der Waals surface area contributed by atoms with Gasteiger partial charge < -0.3 is 15.6 Å². The molecule has 5 nitrogen and oxygen atoms in total. The molecule has 2 fully saturated rings. The molecule has 0 saturated heterocycles. The van der Waals surface area contributed by atoms with Gasteiger partial charge in [0.05, 0.1) is 0 Å². The highest BCUT2D eigenvalue weighted by atomic mass is 16.5. The van der Waals surface area contributed by atoms with Gasteiger partial charge in [0, 0.05) is 11.8 Å². The van der Waals surface area contributed by atoms with Gasteiger partial charge in [0.15, 0.2) is 0 Å². The Labute approximate surface area is 243 Å². The summed E-state index contributed by atoms with van der Waals surface area (Å²) in [6, 6.07) is -0.878. The molecule has 0 spiro atoms. The molecule has 226 valence electrons. The number of aliphatic carboxylic acids is 1. The molecule has 0 aromatic rings. The molecule has 0 aromatic heterocycles. The Morgan fingerprint density at radius 2 is 1.70 bits per heavy atom. The smallest absolute Gasteiger partial charge is 0.323 e. The van der Waals surface area contributed by atoms with Crippen LogP contribution in [0.1, 0.15) is 132 Å². The standard InChI is InChI=1S/C35H57NO4/c1-22(2)10-9-11-23(3)24-16-20-35(8)26-12-14-28-32(4,5)29(40-31(39)27(36)13-15-30(37)38)18-19-33(28,6)25(26)17-21-34(24,35)7/h10,23-24,27-29H,9,11-21,36H2,1-8H3,(H,37,38)/t23-,24-,27+,28?,29+,33-,34-,35+/m1/s1. The first-order chi connectivity index (χ1) is 18.6. The molecular formula is C35H57NO4. The molecule has 3 N–H and O–H groups in total. The Morgan fingerprint density at radius 1 is 1.00 bits per heavy atom. The van der Waals surface area contributed by atoms with Crippen molar-refractivity contribution in [2.45, 2.75) is 145 Å². The fourth-order valence-corrected chi connectivity index (χ4v) is 10.3. The van der Waals surface area contributed by atoms with E-state index in [-0.39, 0.29) is 35.2 Å². The lowest BCUT2D eigenvalue weighted by Gasteiger charge is -2.62. The van der Waals surface area contributed by atoms with Crippen molar-refractivity contribution in [1.29, 1.82) is 0 Å². The average molecular weight is 556 g/mol. The summed E-state index contributed by atoms with van der Waals surface area (Å²) in [5, 5.41) is 8.97. The number of carbonyl (C=O) groups excluding carboxylic acids is 1. The van der Waals surface area contributed by atoms with Gasteiger partial charge in [-0.05, 0) is 118 Å². The highest BCUT2D eigenvalue weighted by molar-refractivity contribution is 5.77. The van der Waals surface area contributed by atoms with Gasteiger partial charge in [0.1, 0.15) is 12.1 Å². The summed E-state index contributed by atoms with van der Waals surface area (Å²) in [5.74, 6) is 0.610. The first kappa shape index (κ1) is 31.3. The molecule has 4 rings (SSSR count). The predicted octanol–water partition coefficient (Wildman–Crippen LogP) is 8.22. The van der Waals surface area contributed by atoms with Gasteiger partial charge in [-0.2, -0.15) is 0 Å². The molecule has 0 amide bonds. The second-order valence-corrected chi connectivity index (χ2v) is 15.5. The van der Waals surface area contributed by atoms with Crippen molar-refractivity contribution >= 4 is 11.9 Å². The van der Waals surface area contributed by atoms with Crippen LogP contribution in [0.5, 0.6) is 0 Å². The molecule has 4 aliphatic carbocycles. The zero-order valence-electron chi connectivity index (χ0n) is 26.7. The van der Waals surface area contributed by atoms with E-state index in [4.69, 9.17) is 15.6 Å². The van der Waals surface area contributed by atoms with Crippen molar-refractivity contribution in [3.8, 4) is 0 Å². The summed E-state index contributed by atoms with van der Waals surface area (Å²) in [6.45, 7) is 19.3. The van der Waals surface area contributed by atoms with E-state index in [0.717, 1.165) is 31.1 Å². The molecule has 0 radical (unpaired) electrons. The summed E-state index contributed by atoms with van der Waals surface area (Å²) >= 11 is 0. The largest absolute Gasteiger partial charge is 0.481 e. The van der Waals surface area contributed by atoms with Crippen molar-refractivity contribution < 1.29 is 19.4 Å². The normalized spacial score (nSPS) is 38.0. The van der Waals surface area contributed by atoms with Gasteiger partial charge in [-0.15, -0.1) is 0 Å². The summed E-state index contributed by atoms with van der Waals surface area (Å²) < 4.78 is 6.05. The third-order valence-corrected chi connectivity index (χ3v) is 12.8. The molecular weight excluding hydrogens is 498 g/mol. The van der Waals surface area contributed by atoms with Crippen LogP contribution in [0.2, 0.25) is 0 Å². The average Bonchev–Trinajstić information content (AvgIpc) is 3.15. The van der Waals surface area contributed by atoms with Gasteiger partial charge in [0.2, 0.25) is 0 Å². The number of rotatable bonds is 9. The maximum absolute atomic E-state index is 12.8. The highest BCUT2D eigenvalue weighted by Gasteiger charge is 2.63. The van der Waals surface area contributed by atoms with E-state index in [1.165, 1.54) is 50.5 Å². The monoisotopic (exact) mass is 555 g/mol. The van der Waals surface area contributed by atoms with E-state index >= 15 is 0 Å². The molecule has 0 bridgehead atoms. The minimum Gasteiger partial charge on any atom is -0.481 e. The van der Waals surface area contributed by atoms with Gasteiger partial charge in [-0.3, -0.25) is 9.59 Å². The van der Waals surface area contributed by atoms with Crippen molar-refractivity contribution in [2.24, 2.45) is 45.1 Å². The number of hydrogen-bond acceptors (Lipinski definition) is 4. The number of nitrogens with two attached hydrogens (primary N) is 1. The lowest BCUT2D eigenvalue weighted by molar-refractivity contribution is -0.171. The van der Waals surface area contributed by atoms with E-state index in [2.05, 4.69) is 61.5 Å². The molecule has 8 atom stereocenters. The van der Waals surface area contributed by atoms with E-state index in [1.807, 2.05) is 0 Å². The molecule has 2 saturated carbocycles. The molecule has 1 unspecified atom stereocenters. The SMILES string of the molecule is CC(C)=CCC[C@@H](C)[C@H]1CC[C@@]2(C)C3=C(CC[C@]12C)[C@@]1(C)CC[C@H](OC(=O)[C@@H](N)CCC(=O)O)C(C)(C)C1CC3. The van der Waals surface area contributed by atoms with Crippen LogP contribution in [0.25, 0.3) is 0 Å². The van der Waals surface area contributed by atoms with Crippen LogP contribution in [0.3, 0.4) is 0 Å². The molecule has 4 aliphatic rings. The first-order valence-electron chi connectivity index (χ1n) is 16.1. The number of ether oxygens (including phenoxy) is 1. The van der Waals surface area contributed by atoms with Gasteiger partial charge in [-0.1, -0.05) is 64.3 Å². The minimum atomic E-state index is -0.938. The summed E-state index contributed by atoms with van der Waals surface area (Å²) in [6.07, 6.45) is 14.1. The van der Waals surface area contributed by atoms with Crippen LogP contribution in [0.4, 0.5) is 0 Å². The Bertz CT molecular complexity index is 1050. The summed E-state index contributed by atoms with van der Waals surface area (Å²) in [4.78, 5) is 23.8. The zero-order chi connectivity index (χ0) is 29.7. The third-order valence-electron chi connectivity index (χ3n) is 12.8. The number of carbonyl (C=O) groups is 2. The first-order valence-corrected chi connectivity index (χ1v) is 16.1. The predicted molar refractivity (Wildman–Crippen MR) is 162 cm³/mol. The fourth-order valence-electron chi connectivity index (χ4n) is 10.3. The number of hydrogen-bond donors (Lipinski definition) is 2. The maximum Gasteiger partial charge on any atom is 0.323 e. The number of carboxylic acid groups (broad SMARTS) is 1. The Hall–Kier alpha value is -1.62. The molecule has 0 heterocycles. The van der Waals surface area contributed by atoms with Gasteiger partial charge >= 0.3 is 11.9 Å². The fraction of sp³-hybridized carbons (Fsp3) is 0.829. The van der Waals surface area contributed by atoms with E-state index in [1.54, 1.807) is 11.1 Å². The zero-order valence-corrected chi connectivity index (χ0v) is 26.7. The molecule has 5 heteroatoms. The summed E-state index contributed by atoms with van der Waals surface area (Å²) in [7, 11) is 0. The Morgan fingerprint density at radius 3 is 2.35 bits per heavy atom. The second-order valence-electron chi connectivity index (χ2n) is 15.5. The van der Waals surface area contributed by atoms with Gasteiger partial charge in [0.25, 0.3) is 0 Å². The van der Waals surface area contributed by atoms with Crippen LogP contribution in [-0.4, -0.2) is 29.2 Å². The quantitative estimate of drug-likeness (QED) is 0.221. The summed E-state index contributed by atoms with van der Waals surface area (Å²) in [5.41, 5.74) is 11.6. The second kappa shape index (κ2) is 11.2. The van der Waals surface area contributed by atoms with E-state index < -0.39 is 18.0 Å². The number of fused-ring (bicyclic) bond motifs is 4. The number of allylic oxidation sites excluding steroid dienone is 4. The topological polar surface area (TPSA) is 89.6 Å². The Kier molecular flexibility index (Phi) is 8.79. The number of carboxylic acids is 1. The van der Waals surface area contributed by atoms with E-state index in [0.29, 0.717) is 11.3 Å². The van der Waals surface area contributed by atoms with Crippen molar-refractivity contribution in [2.75, 3.05) is 0 Å². The van der Waals surface area contributed by atoms with Crippen molar-refractivity contribution in [1.82, 2.24) is 0 Å². The van der Waals surface area contributed by atoms with Crippen LogP contribution in [-0.2, 0) is 14.3 Å². The molecule has 40 heavy (non-hydrogen) atoms. The van der Waals surface area contributed by atoms with Crippen LogP contribution >= 0.6 is 0 Å².